The molecule has 0 aromatic heterocycles. The smallest absolute Gasteiger partial charge is 0.233 e. The largest absolute Gasteiger partial charge is 0.394 e. The van der Waals surface area contributed by atoms with Gasteiger partial charge in [-0.2, -0.15) is 0 Å². The topological polar surface area (TPSA) is 49.8 Å². The minimum Gasteiger partial charge on any atom is -0.394 e. The lowest BCUT2D eigenvalue weighted by Gasteiger charge is -2.38. The van der Waals surface area contributed by atoms with Crippen molar-refractivity contribution in [3.63, 3.8) is 0 Å². The van der Waals surface area contributed by atoms with Gasteiger partial charge in [0.1, 0.15) is 0 Å². The molecular weight excluding hydrogens is 334 g/mol. The SMILES string of the molecule is CC1CN(C(=O)C2(c3ccc(Br)cc3)CC2)CC(CO)O1. The molecule has 1 saturated carbocycles. The van der Waals surface area contributed by atoms with Crippen LogP contribution in [-0.4, -0.2) is 47.8 Å². The molecule has 1 aliphatic heterocycles. The second kappa shape index (κ2) is 5.71. The van der Waals surface area contributed by atoms with Crippen LogP contribution in [-0.2, 0) is 14.9 Å². The van der Waals surface area contributed by atoms with Gasteiger partial charge in [0, 0.05) is 17.6 Å². The molecule has 21 heavy (non-hydrogen) atoms. The minimum atomic E-state index is -0.349. The fourth-order valence-corrected chi connectivity index (χ4v) is 3.40. The lowest BCUT2D eigenvalue weighted by molar-refractivity contribution is -0.149. The number of hydrogen-bond acceptors (Lipinski definition) is 3. The average molecular weight is 354 g/mol. The molecule has 0 radical (unpaired) electrons. The van der Waals surface area contributed by atoms with Gasteiger partial charge < -0.3 is 14.7 Å². The van der Waals surface area contributed by atoms with Gasteiger partial charge in [-0.25, -0.2) is 0 Å². The van der Waals surface area contributed by atoms with E-state index in [4.69, 9.17) is 4.74 Å². The van der Waals surface area contributed by atoms with Crippen molar-refractivity contribution in [3.05, 3.63) is 34.3 Å². The van der Waals surface area contributed by atoms with Crippen molar-refractivity contribution in [1.29, 1.82) is 0 Å². The molecule has 1 aliphatic carbocycles. The predicted octanol–water partition coefficient (Wildman–Crippen LogP) is 2.09. The van der Waals surface area contributed by atoms with Crippen molar-refractivity contribution >= 4 is 21.8 Å². The normalized spacial score (nSPS) is 27.5. The first-order valence-corrected chi connectivity index (χ1v) is 8.16. The van der Waals surface area contributed by atoms with Crippen LogP contribution in [0.5, 0.6) is 0 Å². The zero-order valence-corrected chi connectivity index (χ0v) is 13.7. The highest BCUT2D eigenvalue weighted by atomic mass is 79.9. The molecule has 2 unspecified atom stereocenters. The number of aliphatic hydroxyl groups is 1. The minimum absolute atomic E-state index is 0.0273. The van der Waals surface area contributed by atoms with Crippen LogP contribution in [0.1, 0.15) is 25.3 Å². The number of halogens is 1. The number of amides is 1. The number of carbonyl (C=O) groups is 1. The molecule has 3 rings (SSSR count). The summed E-state index contributed by atoms with van der Waals surface area (Å²) in [5.41, 5.74) is 0.744. The van der Waals surface area contributed by atoms with Crippen molar-refractivity contribution in [2.45, 2.75) is 37.4 Å². The molecule has 1 N–H and O–H groups in total. The van der Waals surface area contributed by atoms with Gasteiger partial charge in [0.15, 0.2) is 0 Å². The Morgan fingerprint density at radius 2 is 2.05 bits per heavy atom. The molecule has 4 nitrogen and oxygen atoms in total. The van der Waals surface area contributed by atoms with Gasteiger partial charge in [0.25, 0.3) is 0 Å². The van der Waals surface area contributed by atoms with E-state index < -0.39 is 0 Å². The van der Waals surface area contributed by atoms with E-state index >= 15 is 0 Å². The third-order valence-corrected chi connectivity index (χ3v) is 4.90. The Kier molecular flexibility index (Phi) is 4.08. The molecule has 0 bridgehead atoms. The van der Waals surface area contributed by atoms with Gasteiger partial charge >= 0.3 is 0 Å². The highest BCUT2D eigenvalue weighted by Gasteiger charge is 2.53. The Morgan fingerprint density at radius 1 is 1.38 bits per heavy atom. The first kappa shape index (κ1) is 15.0. The number of ether oxygens (including phenoxy) is 1. The van der Waals surface area contributed by atoms with Crippen LogP contribution < -0.4 is 0 Å². The summed E-state index contributed by atoms with van der Waals surface area (Å²) >= 11 is 3.43. The van der Waals surface area contributed by atoms with Crippen LogP contribution in [0.15, 0.2) is 28.7 Å². The summed E-state index contributed by atoms with van der Waals surface area (Å²) in [6.07, 6.45) is 1.52. The molecule has 1 aromatic carbocycles. The molecule has 2 atom stereocenters. The monoisotopic (exact) mass is 353 g/mol. The molecule has 1 saturated heterocycles. The van der Waals surface area contributed by atoms with E-state index in [2.05, 4.69) is 15.9 Å². The van der Waals surface area contributed by atoms with Gasteiger partial charge in [-0.15, -0.1) is 0 Å². The molecule has 1 aromatic rings. The van der Waals surface area contributed by atoms with Gasteiger partial charge in [0.05, 0.1) is 24.2 Å². The summed E-state index contributed by atoms with van der Waals surface area (Å²) in [6, 6.07) is 8.03. The first-order valence-electron chi connectivity index (χ1n) is 7.37. The summed E-state index contributed by atoms with van der Waals surface area (Å²) < 4.78 is 6.64. The molecule has 2 fully saturated rings. The van der Waals surface area contributed by atoms with E-state index in [1.54, 1.807) is 0 Å². The fraction of sp³-hybridized carbons (Fsp3) is 0.562. The van der Waals surface area contributed by atoms with Crippen molar-refractivity contribution in [3.8, 4) is 0 Å². The summed E-state index contributed by atoms with van der Waals surface area (Å²) in [7, 11) is 0. The molecular formula is C16H20BrNO3. The summed E-state index contributed by atoms with van der Waals surface area (Å²) in [6.45, 7) is 2.99. The number of benzene rings is 1. The Hall–Kier alpha value is -0.910. The molecule has 1 amide bonds. The van der Waals surface area contributed by atoms with E-state index in [-0.39, 0.29) is 30.1 Å². The number of nitrogens with zero attached hydrogens (tertiary/aromatic N) is 1. The third kappa shape index (κ3) is 2.87. The zero-order chi connectivity index (χ0) is 15.0. The van der Waals surface area contributed by atoms with Crippen LogP contribution in [0.4, 0.5) is 0 Å². The first-order chi connectivity index (χ1) is 10.0. The van der Waals surface area contributed by atoms with Crippen LogP contribution in [0.2, 0.25) is 0 Å². The van der Waals surface area contributed by atoms with Crippen LogP contribution >= 0.6 is 15.9 Å². The van der Waals surface area contributed by atoms with Crippen molar-refractivity contribution in [2.75, 3.05) is 19.7 Å². The number of aliphatic hydroxyl groups excluding tert-OH is 1. The number of morpholine rings is 1. The van der Waals surface area contributed by atoms with Crippen molar-refractivity contribution in [1.82, 2.24) is 4.90 Å². The van der Waals surface area contributed by atoms with Crippen LogP contribution in [0, 0.1) is 0 Å². The van der Waals surface area contributed by atoms with Gasteiger partial charge in [-0.1, -0.05) is 28.1 Å². The average Bonchev–Trinajstić information content (AvgIpc) is 3.28. The predicted molar refractivity (Wildman–Crippen MR) is 83.1 cm³/mol. The Balaban J connectivity index is 1.79. The van der Waals surface area contributed by atoms with Gasteiger partial charge in [-0.05, 0) is 37.5 Å². The lowest BCUT2D eigenvalue weighted by atomic mass is 9.94. The Bertz CT molecular complexity index is 527. The number of rotatable bonds is 3. The highest BCUT2D eigenvalue weighted by molar-refractivity contribution is 9.10. The number of carbonyl (C=O) groups excluding carboxylic acids is 1. The molecule has 1 heterocycles. The zero-order valence-electron chi connectivity index (χ0n) is 12.1. The Labute approximate surface area is 133 Å². The molecule has 114 valence electrons. The van der Waals surface area contributed by atoms with Gasteiger partial charge in [-0.3, -0.25) is 4.79 Å². The van der Waals surface area contributed by atoms with Crippen LogP contribution in [0.3, 0.4) is 0 Å². The van der Waals surface area contributed by atoms with Crippen LogP contribution in [0.25, 0.3) is 0 Å². The van der Waals surface area contributed by atoms with Gasteiger partial charge in [0.2, 0.25) is 5.91 Å². The molecule has 5 heteroatoms. The quantitative estimate of drug-likeness (QED) is 0.904. The maximum absolute atomic E-state index is 13.0. The summed E-state index contributed by atoms with van der Waals surface area (Å²) in [4.78, 5) is 14.8. The molecule has 0 spiro atoms. The van der Waals surface area contributed by atoms with E-state index in [9.17, 15) is 9.90 Å². The van der Waals surface area contributed by atoms with E-state index in [0.717, 1.165) is 22.9 Å². The standard InChI is InChI=1S/C16H20BrNO3/c1-11-8-18(9-14(10-19)21-11)15(20)16(6-7-16)12-2-4-13(17)5-3-12/h2-5,11,14,19H,6-10H2,1H3. The number of hydrogen-bond donors (Lipinski definition) is 1. The maximum Gasteiger partial charge on any atom is 0.233 e. The van der Waals surface area contributed by atoms with Crippen molar-refractivity contribution in [2.24, 2.45) is 0 Å². The summed E-state index contributed by atoms with van der Waals surface area (Å²) in [5.74, 6) is 0.179. The molecule has 2 aliphatic rings. The van der Waals surface area contributed by atoms with E-state index in [1.165, 1.54) is 0 Å². The second-order valence-corrected chi connectivity index (χ2v) is 6.97. The lowest BCUT2D eigenvalue weighted by Crippen LogP contribution is -2.53. The second-order valence-electron chi connectivity index (χ2n) is 6.05. The fourth-order valence-electron chi connectivity index (χ4n) is 3.13. The Morgan fingerprint density at radius 3 is 2.62 bits per heavy atom. The van der Waals surface area contributed by atoms with Crippen molar-refractivity contribution < 1.29 is 14.6 Å². The third-order valence-electron chi connectivity index (χ3n) is 4.37. The summed E-state index contributed by atoms with van der Waals surface area (Å²) in [5, 5.41) is 9.31. The van der Waals surface area contributed by atoms with E-state index in [0.29, 0.717) is 13.1 Å². The maximum atomic E-state index is 13.0. The highest BCUT2D eigenvalue weighted by Crippen LogP contribution is 2.50. The van der Waals surface area contributed by atoms with E-state index in [1.807, 2.05) is 36.1 Å².